The Bertz CT molecular complexity index is 458. The van der Waals surface area contributed by atoms with Gasteiger partial charge >= 0.3 is 5.97 Å². The molecule has 0 aliphatic carbocycles. The van der Waals surface area contributed by atoms with Crippen molar-refractivity contribution < 1.29 is 14.7 Å². The number of likely N-dealkylation sites (tertiary alicyclic amines) is 1. The summed E-state index contributed by atoms with van der Waals surface area (Å²) in [4.78, 5) is 29.6. The number of aliphatic carboxylic acids is 1. The van der Waals surface area contributed by atoms with Gasteiger partial charge in [0.15, 0.2) is 0 Å². The zero-order chi connectivity index (χ0) is 13.1. The van der Waals surface area contributed by atoms with Crippen molar-refractivity contribution in [2.24, 2.45) is 0 Å². The van der Waals surface area contributed by atoms with Gasteiger partial charge in [-0.15, -0.1) is 11.3 Å². The maximum Gasteiger partial charge on any atom is 0.326 e. The van der Waals surface area contributed by atoms with Gasteiger partial charge in [0.2, 0.25) is 0 Å². The lowest BCUT2D eigenvalue weighted by molar-refractivity contribution is -0.143. The van der Waals surface area contributed by atoms with Crippen LogP contribution in [0.1, 0.15) is 40.9 Å². The summed E-state index contributed by atoms with van der Waals surface area (Å²) in [6, 6.07) is -0.682. The molecule has 1 aliphatic heterocycles. The number of carboxylic acid groups (broad SMARTS) is 1. The molecule has 0 aromatic carbocycles. The van der Waals surface area contributed by atoms with Gasteiger partial charge in [0, 0.05) is 6.54 Å². The van der Waals surface area contributed by atoms with Crippen molar-refractivity contribution in [1.29, 1.82) is 0 Å². The monoisotopic (exact) mass is 268 g/mol. The summed E-state index contributed by atoms with van der Waals surface area (Å²) in [6.07, 6.45) is 4.62. The van der Waals surface area contributed by atoms with E-state index in [-0.39, 0.29) is 5.91 Å². The van der Waals surface area contributed by atoms with Crippen LogP contribution in [0.3, 0.4) is 0 Å². The lowest BCUT2D eigenvalue weighted by Gasteiger charge is -2.32. The van der Waals surface area contributed by atoms with E-state index in [9.17, 15) is 9.59 Å². The number of nitrogens with zero attached hydrogens (tertiary/aromatic N) is 2. The number of amides is 1. The van der Waals surface area contributed by atoms with E-state index in [1.54, 1.807) is 6.20 Å². The lowest BCUT2D eigenvalue weighted by atomic mass is 10.0. The molecule has 1 atom stereocenters. The van der Waals surface area contributed by atoms with E-state index >= 15 is 0 Å². The molecule has 1 saturated heterocycles. The van der Waals surface area contributed by atoms with Gasteiger partial charge in [-0.2, -0.15) is 0 Å². The molecule has 0 unspecified atom stereocenters. The smallest absolute Gasteiger partial charge is 0.326 e. The van der Waals surface area contributed by atoms with Crippen LogP contribution >= 0.6 is 11.3 Å². The third kappa shape index (κ3) is 2.53. The van der Waals surface area contributed by atoms with Crippen LogP contribution in [0.15, 0.2) is 6.20 Å². The Morgan fingerprint density at radius 1 is 1.56 bits per heavy atom. The molecular formula is C12H16N2O3S. The molecule has 1 aromatic rings. The minimum absolute atomic E-state index is 0.195. The third-order valence-corrected chi connectivity index (χ3v) is 4.25. The van der Waals surface area contributed by atoms with E-state index < -0.39 is 12.0 Å². The van der Waals surface area contributed by atoms with Crippen LogP contribution in [-0.2, 0) is 11.2 Å². The molecule has 0 radical (unpaired) electrons. The number of aryl methyl sites for hydroxylation is 1. The van der Waals surface area contributed by atoms with Crippen molar-refractivity contribution >= 4 is 23.2 Å². The fourth-order valence-electron chi connectivity index (χ4n) is 2.15. The molecule has 98 valence electrons. The molecular weight excluding hydrogens is 252 g/mol. The Hall–Kier alpha value is -1.43. The highest BCUT2D eigenvalue weighted by atomic mass is 32.1. The van der Waals surface area contributed by atoms with Crippen LogP contribution in [0.4, 0.5) is 0 Å². The maximum atomic E-state index is 12.3. The first-order chi connectivity index (χ1) is 8.63. The van der Waals surface area contributed by atoms with Crippen LogP contribution in [0.5, 0.6) is 0 Å². The summed E-state index contributed by atoms with van der Waals surface area (Å²) in [5.41, 5.74) is 0. The van der Waals surface area contributed by atoms with Crippen molar-refractivity contribution in [3.8, 4) is 0 Å². The minimum Gasteiger partial charge on any atom is -0.480 e. The predicted molar refractivity (Wildman–Crippen MR) is 67.8 cm³/mol. The topological polar surface area (TPSA) is 70.5 Å². The minimum atomic E-state index is -0.914. The zero-order valence-electron chi connectivity index (χ0n) is 10.3. The Kier molecular flexibility index (Phi) is 3.96. The van der Waals surface area contributed by atoms with Crippen LogP contribution in [0.2, 0.25) is 0 Å². The van der Waals surface area contributed by atoms with Crippen molar-refractivity contribution in [1.82, 2.24) is 9.88 Å². The van der Waals surface area contributed by atoms with Gasteiger partial charge in [-0.3, -0.25) is 4.79 Å². The molecule has 2 rings (SSSR count). The van der Waals surface area contributed by atoms with Crippen LogP contribution < -0.4 is 0 Å². The molecule has 2 heterocycles. The summed E-state index contributed by atoms with van der Waals surface area (Å²) in [7, 11) is 0. The SMILES string of the molecule is CCc1ncc(C(=O)N2CCCC[C@H]2C(=O)O)s1. The first kappa shape index (κ1) is 13.0. The molecule has 1 aliphatic rings. The number of carbonyl (C=O) groups is 2. The van der Waals surface area contributed by atoms with Gasteiger partial charge in [0.05, 0.1) is 11.2 Å². The Labute approximate surface area is 109 Å². The highest BCUT2D eigenvalue weighted by Gasteiger charge is 2.33. The second kappa shape index (κ2) is 5.48. The first-order valence-corrected chi connectivity index (χ1v) is 6.93. The Morgan fingerprint density at radius 3 is 2.94 bits per heavy atom. The van der Waals surface area contributed by atoms with Crippen molar-refractivity contribution in [3.05, 3.63) is 16.1 Å². The predicted octanol–water partition coefficient (Wildman–Crippen LogP) is 1.78. The quantitative estimate of drug-likeness (QED) is 0.907. The zero-order valence-corrected chi connectivity index (χ0v) is 11.1. The normalized spacial score (nSPS) is 19.8. The molecule has 5 nitrogen and oxygen atoms in total. The molecule has 1 amide bonds. The highest BCUT2D eigenvalue weighted by molar-refractivity contribution is 7.13. The van der Waals surface area contributed by atoms with E-state index in [1.807, 2.05) is 6.92 Å². The fourth-order valence-corrected chi connectivity index (χ4v) is 2.96. The van der Waals surface area contributed by atoms with Gasteiger partial charge in [0.1, 0.15) is 10.9 Å². The molecule has 0 saturated carbocycles. The summed E-state index contributed by atoms with van der Waals surface area (Å²) in [6.45, 7) is 2.50. The number of carbonyl (C=O) groups excluding carboxylic acids is 1. The fraction of sp³-hybridized carbons (Fsp3) is 0.583. The molecule has 0 spiro atoms. The van der Waals surface area contributed by atoms with Gasteiger partial charge in [0.25, 0.3) is 5.91 Å². The van der Waals surface area contributed by atoms with Gasteiger partial charge in [-0.25, -0.2) is 9.78 Å². The van der Waals surface area contributed by atoms with E-state index in [2.05, 4.69) is 4.98 Å². The number of aromatic nitrogens is 1. The number of rotatable bonds is 3. The number of carboxylic acids is 1. The Morgan fingerprint density at radius 2 is 2.33 bits per heavy atom. The van der Waals surface area contributed by atoms with Gasteiger partial charge in [-0.1, -0.05) is 6.92 Å². The molecule has 6 heteroatoms. The molecule has 1 N–H and O–H groups in total. The number of piperidine rings is 1. The summed E-state index contributed by atoms with van der Waals surface area (Å²) < 4.78 is 0. The van der Waals surface area contributed by atoms with E-state index in [0.717, 1.165) is 24.3 Å². The number of hydrogen-bond acceptors (Lipinski definition) is 4. The average Bonchev–Trinajstić information content (AvgIpc) is 2.86. The lowest BCUT2D eigenvalue weighted by Crippen LogP contribution is -2.47. The largest absolute Gasteiger partial charge is 0.480 e. The maximum absolute atomic E-state index is 12.3. The third-order valence-electron chi connectivity index (χ3n) is 3.12. The first-order valence-electron chi connectivity index (χ1n) is 6.12. The van der Waals surface area contributed by atoms with Crippen molar-refractivity contribution in [3.63, 3.8) is 0 Å². The summed E-state index contributed by atoms with van der Waals surface area (Å²) in [5.74, 6) is -1.11. The van der Waals surface area contributed by atoms with Crippen molar-refractivity contribution in [2.75, 3.05) is 6.54 Å². The number of hydrogen-bond donors (Lipinski definition) is 1. The highest BCUT2D eigenvalue weighted by Crippen LogP contribution is 2.22. The van der Waals surface area contributed by atoms with E-state index in [4.69, 9.17) is 5.11 Å². The van der Waals surface area contributed by atoms with Crippen LogP contribution in [0.25, 0.3) is 0 Å². The van der Waals surface area contributed by atoms with Crippen molar-refractivity contribution in [2.45, 2.75) is 38.6 Å². The summed E-state index contributed by atoms with van der Waals surface area (Å²) in [5, 5.41) is 10.1. The molecule has 18 heavy (non-hydrogen) atoms. The van der Waals surface area contributed by atoms with Gasteiger partial charge in [-0.05, 0) is 25.7 Å². The van der Waals surface area contributed by atoms with E-state index in [1.165, 1.54) is 16.2 Å². The average molecular weight is 268 g/mol. The van der Waals surface area contributed by atoms with E-state index in [0.29, 0.717) is 17.8 Å². The second-order valence-electron chi connectivity index (χ2n) is 4.32. The number of thiazole rings is 1. The van der Waals surface area contributed by atoms with Crippen LogP contribution in [0, 0.1) is 0 Å². The standard InChI is InChI=1S/C12H16N2O3S/c1-2-10-13-7-9(18-10)11(15)14-6-4-3-5-8(14)12(16)17/h7-8H,2-6H2,1H3,(H,16,17)/t8-/m0/s1. The van der Waals surface area contributed by atoms with Crippen LogP contribution in [-0.4, -0.2) is 39.5 Å². The molecule has 1 fully saturated rings. The summed E-state index contributed by atoms with van der Waals surface area (Å²) >= 11 is 1.35. The van der Waals surface area contributed by atoms with Gasteiger partial charge < -0.3 is 10.0 Å². The molecule has 1 aromatic heterocycles. The second-order valence-corrected chi connectivity index (χ2v) is 5.44. The Balaban J connectivity index is 2.17. The molecule has 0 bridgehead atoms.